The molecule has 1 aliphatic rings. The molecule has 1 saturated heterocycles. The third-order valence-electron chi connectivity index (χ3n) is 2.93. The second-order valence-corrected chi connectivity index (χ2v) is 5.80. The van der Waals surface area contributed by atoms with E-state index in [9.17, 15) is 9.90 Å². The lowest BCUT2D eigenvalue weighted by Gasteiger charge is -2.27. The van der Waals surface area contributed by atoms with Gasteiger partial charge in [0, 0.05) is 4.75 Å². The predicted molar refractivity (Wildman–Crippen MR) is 60.7 cm³/mol. The summed E-state index contributed by atoms with van der Waals surface area (Å²) in [6, 6.07) is 2.92. The quantitative estimate of drug-likeness (QED) is 0.851. The Morgan fingerprint density at radius 3 is 2.88 bits per heavy atom. The first-order valence-electron chi connectivity index (χ1n) is 5.18. The van der Waals surface area contributed by atoms with Crippen LogP contribution in [-0.2, 0) is 0 Å². The van der Waals surface area contributed by atoms with Gasteiger partial charge in [-0.2, -0.15) is 11.8 Å². The molecule has 0 aliphatic carbocycles. The Morgan fingerprint density at radius 1 is 1.62 bits per heavy atom. The third kappa shape index (κ3) is 1.97. The molecule has 5 heteroatoms. The van der Waals surface area contributed by atoms with Crippen LogP contribution in [0.25, 0.3) is 0 Å². The van der Waals surface area contributed by atoms with Gasteiger partial charge in [0.15, 0.2) is 0 Å². The SMILES string of the molecule is CC1(C(O)c2ccc(C(=O)O)o2)CCCS1. The van der Waals surface area contributed by atoms with E-state index in [4.69, 9.17) is 9.52 Å². The number of thioether (sulfide) groups is 1. The predicted octanol–water partition coefficient (Wildman–Crippen LogP) is 2.30. The first-order chi connectivity index (χ1) is 7.53. The second-order valence-electron chi connectivity index (χ2n) is 4.17. The fraction of sp³-hybridized carbons (Fsp3) is 0.545. The molecule has 88 valence electrons. The number of carboxylic acids is 1. The van der Waals surface area contributed by atoms with E-state index in [-0.39, 0.29) is 10.5 Å². The van der Waals surface area contributed by atoms with E-state index in [0.29, 0.717) is 5.76 Å². The molecule has 0 saturated carbocycles. The molecule has 2 N–H and O–H groups in total. The highest BCUT2D eigenvalue weighted by atomic mass is 32.2. The summed E-state index contributed by atoms with van der Waals surface area (Å²) in [5, 5.41) is 18.9. The van der Waals surface area contributed by atoms with E-state index in [1.165, 1.54) is 12.1 Å². The van der Waals surface area contributed by atoms with Crippen molar-refractivity contribution in [3.05, 3.63) is 23.7 Å². The zero-order valence-electron chi connectivity index (χ0n) is 8.97. The smallest absolute Gasteiger partial charge is 0.371 e. The molecule has 0 aromatic carbocycles. The Bertz CT molecular complexity index is 392. The normalized spacial score (nSPS) is 26.9. The molecule has 16 heavy (non-hydrogen) atoms. The summed E-state index contributed by atoms with van der Waals surface area (Å²) < 4.78 is 4.87. The van der Waals surface area contributed by atoms with Gasteiger partial charge in [-0.05, 0) is 37.7 Å². The van der Waals surface area contributed by atoms with Crippen LogP contribution in [0.1, 0.15) is 42.2 Å². The van der Waals surface area contributed by atoms with Crippen molar-refractivity contribution in [1.29, 1.82) is 0 Å². The van der Waals surface area contributed by atoms with Crippen LogP contribution in [0.3, 0.4) is 0 Å². The first-order valence-corrected chi connectivity index (χ1v) is 6.16. The minimum absolute atomic E-state index is 0.124. The van der Waals surface area contributed by atoms with Crippen LogP contribution < -0.4 is 0 Å². The Hall–Kier alpha value is -0.940. The molecular weight excluding hydrogens is 228 g/mol. The lowest BCUT2D eigenvalue weighted by Crippen LogP contribution is -2.25. The van der Waals surface area contributed by atoms with E-state index < -0.39 is 12.1 Å². The van der Waals surface area contributed by atoms with Crippen LogP contribution in [-0.4, -0.2) is 26.7 Å². The molecular formula is C11H14O4S. The maximum absolute atomic E-state index is 10.7. The molecule has 1 aliphatic heterocycles. The monoisotopic (exact) mass is 242 g/mol. The Labute approximate surface area is 97.6 Å². The van der Waals surface area contributed by atoms with Gasteiger partial charge in [-0.3, -0.25) is 0 Å². The number of hydrogen-bond donors (Lipinski definition) is 2. The second kappa shape index (κ2) is 4.14. The fourth-order valence-electron chi connectivity index (χ4n) is 1.93. The summed E-state index contributed by atoms with van der Waals surface area (Å²) in [7, 11) is 0. The summed E-state index contributed by atoms with van der Waals surface area (Å²) in [6.45, 7) is 1.98. The maximum atomic E-state index is 10.7. The number of furan rings is 1. The van der Waals surface area contributed by atoms with Gasteiger partial charge in [0.1, 0.15) is 11.9 Å². The molecule has 4 nitrogen and oxygen atoms in total. The van der Waals surface area contributed by atoms with Crippen LogP contribution >= 0.6 is 11.8 Å². The molecule has 0 spiro atoms. The van der Waals surface area contributed by atoms with Crippen LogP contribution in [0, 0.1) is 0 Å². The number of hydrogen-bond acceptors (Lipinski definition) is 4. The Morgan fingerprint density at radius 2 is 2.38 bits per heavy atom. The highest BCUT2D eigenvalue weighted by Gasteiger charge is 2.39. The Balaban J connectivity index is 2.19. The van der Waals surface area contributed by atoms with Gasteiger partial charge < -0.3 is 14.6 Å². The van der Waals surface area contributed by atoms with Gasteiger partial charge in [0.25, 0.3) is 0 Å². The van der Waals surface area contributed by atoms with Crippen LogP contribution in [0.2, 0.25) is 0 Å². The molecule has 2 unspecified atom stereocenters. The lowest BCUT2D eigenvalue weighted by molar-refractivity contribution is 0.0642. The van der Waals surface area contributed by atoms with Crippen LogP contribution in [0.4, 0.5) is 0 Å². The molecule has 2 atom stereocenters. The number of carbonyl (C=O) groups is 1. The van der Waals surface area contributed by atoms with Crippen LogP contribution in [0.15, 0.2) is 16.5 Å². The topological polar surface area (TPSA) is 70.7 Å². The van der Waals surface area contributed by atoms with Gasteiger partial charge in [-0.1, -0.05) is 0 Å². The van der Waals surface area contributed by atoms with Crippen LogP contribution in [0.5, 0.6) is 0 Å². The van der Waals surface area contributed by atoms with E-state index in [1.54, 1.807) is 11.8 Å². The average molecular weight is 242 g/mol. The molecule has 2 heterocycles. The minimum Gasteiger partial charge on any atom is -0.475 e. The Kier molecular flexibility index (Phi) is 2.99. The zero-order chi connectivity index (χ0) is 11.8. The summed E-state index contributed by atoms with van der Waals surface area (Å²) in [4.78, 5) is 10.7. The summed E-state index contributed by atoms with van der Waals surface area (Å²) in [5.74, 6) is 0.137. The lowest BCUT2D eigenvalue weighted by atomic mass is 9.97. The van der Waals surface area contributed by atoms with Crippen molar-refractivity contribution in [2.75, 3.05) is 5.75 Å². The van der Waals surface area contributed by atoms with Crippen molar-refractivity contribution in [3.63, 3.8) is 0 Å². The van der Waals surface area contributed by atoms with E-state index in [1.807, 2.05) is 6.92 Å². The van der Waals surface area contributed by atoms with Crippen molar-refractivity contribution in [2.45, 2.75) is 30.6 Å². The molecule has 0 bridgehead atoms. The van der Waals surface area contributed by atoms with Crippen molar-refractivity contribution >= 4 is 17.7 Å². The number of rotatable bonds is 3. The standard InChI is InChI=1S/C11H14O4S/c1-11(5-2-6-16-11)9(12)7-3-4-8(15-7)10(13)14/h3-4,9,12H,2,5-6H2,1H3,(H,13,14). The number of aliphatic hydroxyl groups is 1. The summed E-state index contributed by atoms with van der Waals surface area (Å²) >= 11 is 1.71. The number of carboxylic acid groups (broad SMARTS) is 1. The van der Waals surface area contributed by atoms with Gasteiger partial charge in [0.05, 0.1) is 0 Å². The van der Waals surface area contributed by atoms with Crippen molar-refractivity contribution in [1.82, 2.24) is 0 Å². The minimum atomic E-state index is -1.11. The fourth-order valence-corrected chi connectivity index (χ4v) is 3.25. The van der Waals surface area contributed by atoms with Gasteiger partial charge >= 0.3 is 5.97 Å². The molecule has 2 rings (SSSR count). The summed E-state index contributed by atoms with van der Waals surface area (Å²) in [6.07, 6.45) is 1.25. The third-order valence-corrected chi connectivity index (χ3v) is 4.51. The molecule has 0 radical (unpaired) electrons. The van der Waals surface area contributed by atoms with E-state index in [0.717, 1.165) is 18.6 Å². The number of aliphatic hydroxyl groups excluding tert-OH is 1. The van der Waals surface area contributed by atoms with Crippen molar-refractivity contribution in [2.24, 2.45) is 0 Å². The van der Waals surface area contributed by atoms with E-state index in [2.05, 4.69) is 0 Å². The average Bonchev–Trinajstić information content (AvgIpc) is 2.85. The number of aromatic carboxylic acids is 1. The van der Waals surface area contributed by atoms with Gasteiger partial charge in [-0.15, -0.1) is 0 Å². The molecule has 0 amide bonds. The van der Waals surface area contributed by atoms with E-state index >= 15 is 0 Å². The molecule has 1 aromatic rings. The van der Waals surface area contributed by atoms with Gasteiger partial charge in [-0.25, -0.2) is 4.79 Å². The van der Waals surface area contributed by atoms with Crippen molar-refractivity contribution < 1.29 is 19.4 Å². The zero-order valence-corrected chi connectivity index (χ0v) is 9.79. The van der Waals surface area contributed by atoms with Gasteiger partial charge in [0.2, 0.25) is 5.76 Å². The largest absolute Gasteiger partial charge is 0.475 e. The first kappa shape index (κ1) is 11.5. The highest BCUT2D eigenvalue weighted by molar-refractivity contribution is 8.00. The highest BCUT2D eigenvalue weighted by Crippen LogP contribution is 2.46. The summed E-state index contributed by atoms with van der Waals surface area (Å²) in [5.41, 5.74) is 0. The maximum Gasteiger partial charge on any atom is 0.371 e. The van der Waals surface area contributed by atoms with Crippen molar-refractivity contribution in [3.8, 4) is 0 Å². The molecule has 1 fully saturated rings. The molecule has 1 aromatic heterocycles.